The minimum absolute atomic E-state index is 0.0693. The first-order chi connectivity index (χ1) is 9.68. The Labute approximate surface area is 130 Å². The van der Waals surface area contributed by atoms with Crippen molar-refractivity contribution in [3.05, 3.63) is 45.2 Å². The van der Waals surface area contributed by atoms with Crippen molar-refractivity contribution in [2.75, 3.05) is 5.32 Å². The Morgan fingerprint density at radius 2 is 1.90 bits per heavy atom. The van der Waals surface area contributed by atoms with Crippen molar-refractivity contribution in [3.8, 4) is 0 Å². The quantitative estimate of drug-likeness (QED) is 0.824. The first kappa shape index (κ1) is 16.0. The molecule has 0 aliphatic carbocycles. The summed E-state index contributed by atoms with van der Waals surface area (Å²) >= 11 is 1.75. The summed E-state index contributed by atoms with van der Waals surface area (Å²) < 4.78 is 13.3. The summed E-state index contributed by atoms with van der Waals surface area (Å²) in [6, 6.07) is 5.28. The lowest BCUT2D eigenvalue weighted by Crippen LogP contribution is -2.10. The highest BCUT2D eigenvalue weighted by atomic mass is 32.1. The second-order valence-corrected chi connectivity index (χ2v) is 7.58. The number of nitrogens with zero attached hydrogens (tertiary/aromatic N) is 1. The summed E-state index contributed by atoms with van der Waals surface area (Å²) in [5.41, 5.74) is 2.73. The normalized spacial score (nSPS) is 13.3. The van der Waals surface area contributed by atoms with Gasteiger partial charge in [0.2, 0.25) is 0 Å². The van der Waals surface area contributed by atoms with Gasteiger partial charge in [-0.05, 0) is 44.5 Å². The lowest BCUT2D eigenvalue weighted by Gasteiger charge is -2.16. The summed E-state index contributed by atoms with van der Waals surface area (Å²) in [4.78, 5) is 5.93. The van der Waals surface area contributed by atoms with Crippen molar-refractivity contribution in [1.82, 2.24) is 4.98 Å². The molecular formula is C17H23FN2S. The van der Waals surface area contributed by atoms with E-state index in [0.29, 0.717) is 5.56 Å². The molecule has 0 aliphatic heterocycles. The molecule has 2 rings (SSSR count). The number of halogens is 1. The number of nitrogens with one attached hydrogen (secondary N) is 1. The third-order valence-corrected chi connectivity index (χ3v) is 5.17. The average Bonchev–Trinajstić information content (AvgIpc) is 2.76. The molecule has 0 amide bonds. The molecule has 21 heavy (non-hydrogen) atoms. The van der Waals surface area contributed by atoms with Gasteiger partial charge in [-0.1, -0.05) is 20.8 Å². The molecular weight excluding hydrogens is 283 g/mol. The first-order valence-electron chi connectivity index (χ1n) is 7.19. The SMILES string of the molecule is Cc1cc(NC(C)c2sc(C(C)(C)C)nc2C)ccc1F. The number of hydrogen-bond acceptors (Lipinski definition) is 3. The van der Waals surface area contributed by atoms with Crippen LogP contribution < -0.4 is 5.32 Å². The summed E-state index contributed by atoms with van der Waals surface area (Å²) in [6.07, 6.45) is 0. The van der Waals surface area contributed by atoms with Crippen molar-refractivity contribution in [2.45, 2.75) is 53.0 Å². The van der Waals surface area contributed by atoms with Gasteiger partial charge in [-0.3, -0.25) is 0 Å². The van der Waals surface area contributed by atoms with Crippen LogP contribution in [0.2, 0.25) is 0 Å². The van der Waals surface area contributed by atoms with E-state index in [-0.39, 0.29) is 17.3 Å². The van der Waals surface area contributed by atoms with Crippen LogP contribution in [-0.4, -0.2) is 4.98 Å². The smallest absolute Gasteiger partial charge is 0.126 e. The fraction of sp³-hybridized carbons (Fsp3) is 0.471. The summed E-state index contributed by atoms with van der Waals surface area (Å²) in [7, 11) is 0. The monoisotopic (exact) mass is 306 g/mol. The van der Waals surface area contributed by atoms with E-state index in [0.717, 1.165) is 16.4 Å². The number of aromatic nitrogens is 1. The Kier molecular flexibility index (Phi) is 4.38. The van der Waals surface area contributed by atoms with E-state index in [1.165, 1.54) is 10.9 Å². The molecule has 0 aliphatic rings. The largest absolute Gasteiger partial charge is 0.378 e. The standard InChI is InChI=1S/C17H23FN2S/c1-10-9-13(7-8-14(10)18)19-11(2)15-12(3)20-16(21-15)17(4,5)6/h7-9,11,19H,1-6H3. The zero-order chi connectivity index (χ0) is 15.8. The lowest BCUT2D eigenvalue weighted by molar-refractivity contribution is 0.584. The molecule has 1 unspecified atom stereocenters. The molecule has 0 spiro atoms. The Morgan fingerprint density at radius 1 is 1.24 bits per heavy atom. The Bertz CT molecular complexity index is 641. The molecule has 4 heteroatoms. The minimum atomic E-state index is -0.169. The molecule has 2 aromatic rings. The van der Waals surface area contributed by atoms with E-state index < -0.39 is 0 Å². The highest BCUT2D eigenvalue weighted by molar-refractivity contribution is 7.12. The van der Waals surface area contributed by atoms with E-state index in [1.807, 2.05) is 6.07 Å². The Balaban J connectivity index is 2.22. The maximum absolute atomic E-state index is 13.3. The predicted molar refractivity (Wildman–Crippen MR) is 88.7 cm³/mol. The molecule has 1 aromatic carbocycles. The number of aryl methyl sites for hydroxylation is 2. The highest BCUT2D eigenvalue weighted by Crippen LogP contribution is 2.33. The van der Waals surface area contributed by atoms with Crippen LogP contribution in [0.4, 0.5) is 10.1 Å². The second kappa shape index (κ2) is 5.76. The number of anilines is 1. The lowest BCUT2D eigenvalue weighted by atomic mass is 9.98. The molecule has 2 nitrogen and oxygen atoms in total. The van der Waals surface area contributed by atoms with Gasteiger partial charge in [0, 0.05) is 16.0 Å². The molecule has 0 fully saturated rings. The third-order valence-electron chi connectivity index (χ3n) is 3.41. The van der Waals surface area contributed by atoms with Crippen molar-refractivity contribution in [3.63, 3.8) is 0 Å². The molecule has 1 atom stereocenters. The zero-order valence-electron chi connectivity index (χ0n) is 13.5. The van der Waals surface area contributed by atoms with E-state index in [1.54, 1.807) is 24.3 Å². The number of hydrogen-bond donors (Lipinski definition) is 1. The summed E-state index contributed by atoms with van der Waals surface area (Å²) in [6.45, 7) is 12.5. The van der Waals surface area contributed by atoms with Gasteiger partial charge in [0.25, 0.3) is 0 Å². The van der Waals surface area contributed by atoms with Crippen LogP contribution in [0.25, 0.3) is 0 Å². The van der Waals surface area contributed by atoms with Crippen LogP contribution >= 0.6 is 11.3 Å². The second-order valence-electron chi connectivity index (χ2n) is 6.55. The molecule has 1 N–H and O–H groups in total. The van der Waals surface area contributed by atoms with E-state index in [4.69, 9.17) is 4.98 Å². The van der Waals surface area contributed by atoms with Crippen molar-refractivity contribution >= 4 is 17.0 Å². The van der Waals surface area contributed by atoms with Crippen molar-refractivity contribution in [1.29, 1.82) is 0 Å². The van der Waals surface area contributed by atoms with Crippen LogP contribution in [0, 0.1) is 19.7 Å². The van der Waals surface area contributed by atoms with E-state index in [9.17, 15) is 4.39 Å². The number of thiazole rings is 1. The fourth-order valence-electron chi connectivity index (χ4n) is 2.18. The van der Waals surface area contributed by atoms with Gasteiger partial charge in [0.05, 0.1) is 16.7 Å². The van der Waals surface area contributed by atoms with Crippen molar-refractivity contribution < 1.29 is 4.39 Å². The van der Waals surface area contributed by atoms with Gasteiger partial charge in [0.1, 0.15) is 5.82 Å². The van der Waals surface area contributed by atoms with Gasteiger partial charge in [-0.2, -0.15) is 0 Å². The number of rotatable bonds is 3. The summed E-state index contributed by atoms with van der Waals surface area (Å²) in [5, 5.41) is 4.59. The molecule has 0 saturated carbocycles. The van der Waals surface area contributed by atoms with Crippen LogP contribution in [0.1, 0.15) is 54.9 Å². The molecule has 114 valence electrons. The molecule has 1 heterocycles. The Hall–Kier alpha value is -1.42. The molecule has 0 radical (unpaired) electrons. The molecule has 0 bridgehead atoms. The topological polar surface area (TPSA) is 24.9 Å². The Morgan fingerprint density at radius 3 is 2.43 bits per heavy atom. The predicted octanol–water partition coefficient (Wildman–Crippen LogP) is 5.37. The minimum Gasteiger partial charge on any atom is -0.378 e. The van der Waals surface area contributed by atoms with Crippen molar-refractivity contribution in [2.24, 2.45) is 0 Å². The molecule has 0 saturated heterocycles. The number of benzene rings is 1. The van der Waals surface area contributed by atoms with E-state index >= 15 is 0 Å². The first-order valence-corrected chi connectivity index (χ1v) is 8.00. The molecule has 1 aromatic heterocycles. The maximum atomic E-state index is 13.3. The van der Waals surface area contributed by atoms with Crippen LogP contribution in [-0.2, 0) is 5.41 Å². The van der Waals surface area contributed by atoms with Crippen LogP contribution in [0.5, 0.6) is 0 Å². The van der Waals surface area contributed by atoms with Crippen LogP contribution in [0.3, 0.4) is 0 Å². The van der Waals surface area contributed by atoms with Crippen LogP contribution in [0.15, 0.2) is 18.2 Å². The van der Waals surface area contributed by atoms with Gasteiger partial charge >= 0.3 is 0 Å². The van der Waals surface area contributed by atoms with Gasteiger partial charge in [-0.15, -0.1) is 11.3 Å². The van der Waals surface area contributed by atoms with E-state index in [2.05, 4.69) is 39.9 Å². The maximum Gasteiger partial charge on any atom is 0.126 e. The van der Waals surface area contributed by atoms with Gasteiger partial charge in [-0.25, -0.2) is 9.37 Å². The average molecular weight is 306 g/mol. The highest BCUT2D eigenvalue weighted by Gasteiger charge is 2.22. The van der Waals surface area contributed by atoms with Gasteiger partial charge < -0.3 is 5.32 Å². The fourth-order valence-corrected chi connectivity index (χ4v) is 3.31. The van der Waals surface area contributed by atoms with Gasteiger partial charge in [0.15, 0.2) is 0 Å². The zero-order valence-corrected chi connectivity index (χ0v) is 14.4. The third kappa shape index (κ3) is 3.62. The summed E-state index contributed by atoms with van der Waals surface area (Å²) in [5.74, 6) is -0.169.